The van der Waals surface area contributed by atoms with Crippen LogP contribution in [0.3, 0.4) is 0 Å². The zero-order valence-corrected chi connectivity index (χ0v) is 31.2. The van der Waals surface area contributed by atoms with Gasteiger partial charge in [-0.3, -0.25) is 0 Å². The molecule has 0 aliphatic heterocycles. The van der Waals surface area contributed by atoms with Gasteiger partial charge < -0.3 is 9.13 Å². The molecule has 6 nitrogen and oxygen atoms in total. The van der Waals surface area contributed by atoms with Crippen molar-refractivity contribution >= 4 is 43.6 Å². The first-order valence-electron chi connectivity index (χ1n) is 19.3. The standard InChI is InChI=1S/C52H32N6/c53-33-37-20-10-11-23-39(37)43-32-36(52-55-50(34-16-4-1-5-17-34)54-51(56-52)35-18-6-2-7-19-35)28-30-46(43)58-44-26-14-12-24-40(44)41-29-31-47-48(49(41)58)42-25-13-15-27-45(42)57(47)38-21-8-3-9-22-38/h1-32H. The lowest BCUT2D eigenvalue weighted by Gasteiger charge is -2.17. The van der Waals surface area contributed by atoms with Gasteiger partial charge >= 0.3 is 0 Å². The number of nitrogens with zero attached hydrogens (tertiary/aromatic N) is 6. The number of para-hydroxylation sites is 3. The maximum Gasteiger partial charge on any atom is 0.164 e. The highest BCUT2D eigenvalue weighted by atomic mass is 15.0. The quantitative estimate of drug-likeness (QED) is 0.170. The summed E-state index contributed by atoms with van der Waals surface area (Å²) in [6, 6.07) is 69.0. The van der Waals surface area contributed by atoms with E-state index >= 15 is 0 Å². The fraction of sp³-hybridized carbons (Fsp3) is 0. The number of hydrogen-bond donors (Lipinski definition) is 0. The number of hydrogen-bond acceptors (Lipinski definition) is 4. The normalized spacial score (nSPS) is 11.4. The first-order valence-corrected chi connectivity index (χ1v) is 19.3. The lowest BCUT2D eigenvalue weighted by atomic mass is 9.96. The molecule has 0 aliphatic rings. The van der Waals surface area contributed by atoms with Crippen LogP contribution >= 0.6 is 0 Å². The van der Waals surface area contributed by atoms with Crippen molar-refractivity contribution in [1.82, 2.24) is 24.1 Å². The van der Waals surface area contributed by atoms with Crippen molar-refractivity contribution in [2.45, 2.75) is 0 Å². The number of fused-ring (bicyclic) bond motifs is 7. The Morgan fingerprint density at radius 1 is 0.397 bits per heavy atom. The van der Waals surface area contributed by atoms with Gasteiger partial charge in [-0.15, -0.1) is 0 Å². The van der Waals surface area contributed by atoms with Gasteiger partial charge in [0.1, 0.15) is 0 Å². The highest BCUT2D eigenvalue weighted by Gasteiger charge is 2.23. The molecule has 11 rings (SSSR count). The van der Waals surface area contributed by atoms with Crippen LogP contribution in [-0.4, -0.2) is 24.1 Å². The molecule has 0 N–H and O–H groups in total. The molecule has 6 heteroatoms. The minimum Gasteiger partial charge on any atom is -0.309 e. The molecule has 11 aromatic rings. The summed E-state index contributed by atoms with van der Waals surface area (Å²) in [6.45, 7) is 0. The highest BCUT2D eigenvalue weighted by molar-refractivity contribution is 6.26. The number of aromatic nitrogens is 5. The third-order valence-corrected chi connectivity index (χ3v) is 11.0. The summed E-state index contributed by atoms with van der Waals surface area (Å²) in [5.74, 6) is 1.73. The topological polar surface area (TPSA) is 72.3 Å². The molecule has 0 aliphatic carbocycles. The first-order chi connectivity index (χ1) is 28.7. The smallest absolute Gasteiger partial charge is 0.164 e. The zero-order valence-electron chi connectivity index (χ0n) is 31.2. The second kappa shape index (κ2) is 13.6. The average molecular weight is 741 g/mol. The number of rotatable bonds is 6. The van der Waals surface area contributed by atoms with Gasteiger partial charge in [-0.05, 0) is 54.6 Å². The fourth-order valence-electron chi connectivity index (χ4n) is 8.45. The van der Waals surface area contributed by atoms with Crippen LogP contribution in [0.5, 0.6) is 0 Å². The van der Waals surface area contributed by atoms with Crippen molar-refractivity contribution in [3.63, 3.8) is 0 Å². The van der Waals surface area contributed by atoms with Gasteiger partial charge in [0, 0.05) is 55.0 Å². The Morgan fingerprint density at radius 2 is 0.948 bits per heavy atom. The SMILES string of the molecule is N#Cc1ccccc1-c1cc(-c2nc(-c3ccccc3)nc(-c3ccccc3)n2)ccc1-n1c2ccccc2c2ccc3c(c4ccccc4n3-c3ccccc3)c21. The lowest BCUT2D eigenvalue weighted by molar-refractivity contribution is 1.07. The largest absolute Gasteiger partial charge is 0.309 e. The predicted octanol–water partition coefficient (Wildman–Crippen LogP) is 12.6. The van der Waals surface area contributed by atoms with E-state index in [0.717, 1.165) is 77.4 Å². The average Bonchev–Trinajstić information content (AvgIpc) is 3.82. The Labute approximate surface area is 334 Å². The van der Waals surface area contributed by atoms with E-state index in [0.29, 0.717) is 23.0 Å². The van der Waals surface area contributed by atoms with Crippen LogP contribution in [0.15, 0.2) is 194 Å². The number of nitriles is 1. The van der Waals surface area contributed by atoms with Gasteiger partial charge in [0.15, 0.2) is 17.5 Å². The van der Waals surface area contributed by atoms with Gasteiger partial charge in [-0.1, -0.05) is 140 Å². The molecule has 0 saturated heterocycles. The molecule has 0 atom stereocenters. The minimum atomic E-state index is 0.547. The van der Waals surface area contributed by atoms with Crippen LogP contribution in [0.1, 0.15) is 5.56 Å². The van der Waals surface area contributed by atoms with E-state index in [1.807, 2.05) is 84.9 Å². The number of benzene rings is 8. The monoisotopic (exact) mass is 740 g/mol. The molecule has 0 radical (unpaired) electrons. The summed E-state index contributed by atoms with van der Waals surface area (Å²) in [7, 11) is 0. The zero-order chi connectivity index (χ0) is 38.6. The second-order valence-corrected chi connectivity index (χ2v) is 14.3. The summed E-state index contributed by atoms with van der Waals surface area (Å²) in [5, 5.41) is 15.2. The molecule has 270 valence electrons. The maximum absolute atomic E-state index is 10.5. The maximum atomic E-state index is 10.5. The van der Waals surface area contributed by atoms with E-state index in [1.165, 1.54) is 5.39 Å². The van der Waals surface area contributed by atoms with Crippen molar-refractivity contribution in [2.75, 3.05) is 0 Å². The van der Waals surface area contributed by atoms with E-state index in [4.69, 9.17) is 15.0 Å². The molecule has 3 aromatic heterocycles. The van der Waals surface area contributed by atoms with E-state index in [1.54, 1.807) is 0 Å². The molecule has 0 unspecified atom stereocenters. The van der Waals surface area contributed by atoms with Crippen LogP contribution in [0.25, 0.3) is 100 Å². The molecular formula is C52H32N6. The van der Waals surface area contributed by atoms with E-state index in [9.17, 15) is 5.26 Å². The van der Waals surface area contributed by atoms with E-state index in [-0.39, 0.29) is 0 Å². The molecule has 0 saturated carbocycles. The van der Waals surface area contributed by atoms with E-state index in [2.05, 4.69) is 124 Å². The summed E-state index contributed by atoms with van der Waals surface area (Å²) in [6.07, 6.45) is 0. The minimum absolute atomic E-state index is 0.547. The highest BCUT2D eigenvalue weighted by Crippen LogP contribution is 2.44. The van der Waals surface area contributed by atoms with Crippen molar-refractivity contribution in [1.29, 1.82) is 5.26 Å². The third-order valence-electron chi connectivity index (χ3n) is 11.0. The van der Waals surface area contributed by atoms with E-state index < -0.39 is 0 Å². The molecule has 0 amide bonds. The molecule has 58 heavy (non-hydrogen) atoms. The fourth-order valence-corrected chi connectivity index (χ4v) is 8.45. The van der Waals surface area contributed by atoms with Gasteiger partial charge in [0.05, 0.1) is 39.4 Å². The second-order valence-electron chi connectivity index (χ2n) is 14.3. The Bertz CT molecular complexity index is 3340. The van der Waals surface area contributed by atoms with Crippen molar-refractivity contribution in [2.24, 2.45) is 0 Å². The van der Waals surface area contributed by atoms with Gasteiger partial charge in [0.2, 0.25) is 0 Å². The third kappa shape index (κ3) is 5.30. The Balaban J connectivity index is 1.24. The lowest BCUT2D eigenvalue weighted by Crippen LogP contribution is -2.02. The predicted molar refractivity (Wildman–Crippen MR) is 235 cm³/mol. The van der Waals surface area contributed by atoms with Crippen LogP contribution in [0.2, 0.25) is 0 Å². The van der Waals surface area contributed by atoms with Gasteiger partial charge in [-0.2, -0.15) is 5.26 Å². The molecular weight excluding hydrogens is 709 g/mol. The van der Waals surface area contributed by atoms with Crippen LogP contribution in [0, 0.1) is 11.3 Å². The first kappa shape index (κ1) is 33.2. The van der Waals surface area contributed by atoms with Crippen LogP contribution < -0.4 is 0 Å². The summed E-state index contributed by atoms with van der Waals surface area (Å²) in [4.78, 5) is 15.1. The summed E-state index contributed by atoms with van der Waals surface area (Å²) >= 11 is 0. The molecule has 3 heterocycles. The van der Waals surface area contributed by atoms with Crippen molar-refractivity contribution in [3.05, 3.63) is 200 Å². The van der Waals surface area contributed by atoms with Gasteiger partial charge in [-0.25, -0.2) is 15.0 Å². The Kier molecular flexibility index (Phi) is 7.76. The molecule has 0 bridgehead atoms. The molecule has 0 spiro atoms. The van der Waals surface area contributed by atoms with Gasteiger partial charge in [0.25, 0.3) is 0 Å². The van der Waals surface area contributed by atoms with Crippen molar-refractivity contribution < 1.29 is 0 Å². The van der Waals surface area contributed by atoms with Crippen molar-refractivity contribution in [3.8, 4) is 62.7 Å². The Hall–Kier alpha value is -8.14. The summed E-state index contributed by atoms with van der Waals surface area (Å²) in [5.41, 5.74) is 11.4. The Morgan fingerprint density at radius 3 is 1.62 bits per heavy atom. The van der Waals surface area contributed by atoms with Crippen LogP contribution in [-0.2, 0) is 0 Å². The molecule has 8 aromatic carbocycles. The van der Waals surface area contributed by atoms with Crippen LogP contribution in [0.4, 0.5) is 0 Å². The summed E-state index contributed by atoms with van der Waals surface area (Å²) < 4.78 is 4.75. The molecule has 0 fully saturated rings.